The maximum atomic E-state index is 11.0. The van der Waals surface area contributed by atoms with Gasteiger partial charge in [-0.15, -0.1) is 0 Å². The number of amides is 1. The molecule has 0 spiro atoms. The molecule has 4 nitrogen and oxygen atoms in total. The molecule has 0 aromatic rings. The van der Waals surface area contributed by atoms with Gasteiger partial charge in [-0.25, -0.2) is 0 Å². The predicted molar refractivity (Wildman–Crippen MR) is 48.0 cm³/mol. The lowest BCUT2D eigenvalue weighted by atomic mass is 10.2. The molecule has 1 aliphatic rings. The fourth-order valence-electron chi connectivity index (χ4n) is 1.33. The summed E-state index contributed by atoms with van der Waals surface area (Å²) in [5.74, 6) is 0.0874. The molecule has 3 N–H and O–H groups in total. The largest absolute Gasteiger partial charge is 0.355 e. The van der Waals surface area contributed by atoms with Crippen LogP contribution in [0.5, 0.6) is 0 Å². The van der Waals surface area contributed by atoms with E-state index in [1.54, 1.807) is 0 Å². The van der Waals surface area contributed by atoms with Crippen LogP contribution in [0.25, 0.3) is 0 Å². The van der Waals surface area contributed by atoms with E-state index in [1.807, 2.05) is 6.92 Å². The molecule has 0 aliphatic carbocycles. The first-order valence-electron chi connectivity index (χ1n) is 4.53. The maximum absolute atomic E-state index is 11.0. The summed E-state index contributed by atoms with van der Waals surface area (Å²) in [6, 6.07) is 0.479. The zero-order chi connectivity index (χ0) is 8.81. The minimum Gasteiger partial charge on any atom is -0.355 e. The third-order valence-corrected chi connectivity index (χ3v) is 1.99. The fourth-order valence-corrected chi connectivity index (χ4v) is 1.33. The Labute approximate surface area is 73.1 Å². The Hall–Kier alpha value is -0.610. The van der Waals surface area contributed by atoms with Crippen LogP contribution in [0, 0.1) is 0 Å². The van der Waals surface area contributed by atoms with Crippen LogP contribution in [-0.4, -0.2) is 38.1 Å². The monoisotopic (exact) mass is 171 g/mol. The molecular weight excluding hydrogens is 154 g/mol. The zero-order valence-electron chi connectivity index (χ0n) is 7.52. The molecule has 0 aromatic heterocycles. The maximum Gasteiger partial charge on any atom is 0.233 e. The van der Waals surface area contributed by atoms with Gasteiger partial charge < -0.3 is 16.0 Å². The summed E-state index contributed by atoms with van der Waals surface area (Å²) < 4.78 is 0. The van der Waals surface area contributed by atoms with Gasteiger partial charge in [-0.2, -0.15) is 0 Å². The fraction of sp³-hybridized carbons (Fsp3) is 0.875. The number of carbonyl (C=O) groups excluding carboxylic acids is 1. The van der Waals surface area contributed by atoms with Crippen LogP contribution >= 0.6 is 0 Å². The van der Waals surface area contributed by atoms with Crippen molar-refractivity contribution in [1.29, 1.82) is 0 Å². The molecule has 1 rings (SSSR count). The lowest BCUT2D eigenvalue weighted by molar-refractivity contribution is -0.120. The van der Waals surface area contributed by atoms with E-state index in [2.05, 4.69) is 16.0 Å². The van der Waals surface area contributed by atoms with Crippen LogP contribution in [-0.2, 0) is 4.79 Å². The van der Waals surface area contributed by atoms with Gasteiger partial charge in [0.1, 0.15) is 0 Å². The molecule has 1 fully saturated rings. The lowest BCUT2D eigenvalue weighted by Gasteiger charge is -2.09. The summed E-state index contributed by atoms with van der Waals surface area (Å²) in [5, 5.41) is 9.17. The quantitative estimate of drug-likeness (QED) is 0.512. The summed E-state index contributed by atoms with van der Waals surface area (Å²) >= 11 is 0. The van der Waals surface area contributed by atoms with Gasteiger partial charge in [-0.05, 0) is 19.9 Å². The molecule has 4 heteroatoms. The van der Waals surface area contributed by atoms with Crippen molar-refractivity contribution in [3.63, 3.8) is 0 Å². The van der Waals surface area contributed by atoms with Crippen LogP contribution < -0.4 is 16.0 Å². The average molecular weight is 171 g/mol. The highest BCUT2D eigenvalue weighted by Gasteiger charge is 2.13. The van der Waals surface area contributed by atoms with Crippen molar-refractivity contribution in [3.8, 4) is 0 Å². The molecule has 0 saturated carbocycles. The van der Waals surface area contributed by atoms with E-state index in [4.69, 9.17) is 0 Å². The highest BCUT2D eigenvalue weighted by atomic mass is 16.1. The van der Waals surface area contributed by atoms with Crippen LogP contribution in [0.4, 0.5) is 0 Å². The smallest absolute Gasteiger partial charge is 0.233 e. The van der Waals surface area contributed by atoms with Gasteiger partial charge >= 0.3 is 0 Å². The van der Waals surface area contributed by atoms with Gasteiger partial charge in [-0.3, -0.25) is 4.79 Å². The first-order chi connectivity index (χ1) is 5.83. The van der Waals surface area contributed by atoms with E-state index in [1.165, 1.54) is 0 Å². The minimum atomic E-state index is 0.0874. The highest BCUT2D eigenvalue weighted by Crippen LogP contribution is 1.95. The Morgan fingerprint density at radius 2 is 2.50 bits per heavy atom. The third-order valence-electron chi connectivity index (χ3n) is 1.99. The molecule has 0 bridgehead atoms. The Morgan fingerprint density at radius 3 is 3.08 bits per heavy atom. The van der Waals surface area contributed by atoms with Gasteiger partial charge in [0, 0.05) is 19.1 Å². The zero-order valence-corrected chi connectivity index (χ0v) is 7.52. The van der Waals surface area contributed by atoms with Crippen molar-refractivity contribution < 1.29 is 4.79 Å². The molecule has 1 unspecified atom stereocenters. The van der Waals surface area contributed by atoms with Crippen molar-refractivity contribution in [2.75, 3.05) is 26.2 Å². The van der Waals surface area contributed by atoms with Gasteiger partial charge in [-0.1, -0.05) is 0 Å². The normalized spacial score (nSPS) is 22.6. The number of likely N-dealkylation sites (N-methyl/N-ethyl adjacent to an activating group) is 1. The molecular formula is C8H17N3O. The second-order valence-electron chi connectivity index (χ2n) is 3.02. The van der Waals surface area contributed by atoms with Crippen LogP contribution in [0.1, 0.15) is 13.3 Å². The summed E-state index contributed by atoms with van der Waals surface area (Å²) in [4.78, 5) is 11.0. The van der Waals surface area contributed by atoms with Crippen molar-refractivity contribution >= 4 is 5.91 Å². The number of hydrogen-bond acceptors (Lipinski definition) is 3. The van der Waals surface area contributed by atoms with Crippen molar-refractivity contribution in [1.82, 2.24) is 16.0 Å². The van der Waals surface area contributed by atoms with Crippen LogP contribution in [0.15, 0.2) is 0 Å². The number of rotatable bonds is 4. The summed E-state index contributed by atoms with van der Waals surface area (Å²) in [6.45, 7) is 5.13. The third kappa shape index (κ3) is 3.19. The van der Waals surface area contributed by atoms with E-state index >= 15 is 0 Å². The Bertz CT molecular complexity index is 143. The standard InChI is InChI=1S/C8H17N3O/c1-2-10-8(12)6-11-7-3-4-9-5-7/h7,9,11H,2-6H2,1H3,(H,10,12). The van der Waals surface area contributed by atoms with Gasteiger partial charge in [0.25, 0.3) is 0 Å². The summed E-state index contributed by atoms with van der Waals surface area (Å²) in [6.07, 6.45) is 1.12. The van der Waals surface area contributed by atoms with Gasteiger partial charge in [0.15, 0.2) is 0 Å². The molecule has 1 amide bonds. The second kappa shape index (κ2) is 5.11. The molecule has 0 radical (unpaired) electrons. The van der Waals surface area contributed by atoms with E-state index < -0.39 is 0 Å². The Morgan fingerprint density at radius 1 is 1.67 bits per heavy atom. The minimum absolute atomic E-state index is 0.0874. The Kier molecular flexibility index (Phi) is 4.04. The number of hydrogen-bond donors (Lipinski definition) is 3. The van der Waals surface area contributed by atoms with E-state index in [0.29, 0.717) is 19.1 Å². The van der Waals surface area contributed by atoms with Crippen molar-refractivity contribution in [2.24, 2.45) is 0 Å². The number of nitrogens with one attached hydrogen (secondary N) is 3. The molecule has 70 valence electrons. The topological polar surface area (TPSA) is 53.2 Å². The molecule has 0 aromatic carbocycles. The SMILES string of the molecule is CCNC(=O)CNC1CCNC1. The van der Waals surface area contributed by atoms with E-state index in [-0.39, 0.29) is 5.91 Å². The first-order valence-corrected chi connectivity index (χ1v) is 4.53. The summed E-state index contributed by atoms with van der Waals surface area (Å²) in [5.41, 5.74) is 0. The first kappa shape index (κ1) is 9.48. The summed E-state index contributed by atoms with van der Waals surface area (Å²) in [7, 11) is 0. The van der Waals surface area contributed by atoms with E-state index in [0.717, 1.165) is 19.5 Å². The average Bonchev–Trinajstić information content (AvgIpc) is 2.53. The van der Waals surface area contributed by atoms with Crippen molar-refractivity contribution in [3.05, 3.63) is 0 Å². The van der Waals surface area contributed by atoms with Crippen molar-refractivity contribution in [2.45, 2.75) is 19.4 Å². The predicted octanol–water partition coefficient (Wildman–Crippen LogP) is -0.926. The molecule has 1 heterocycles. The van der Waals surface area contributed by atoms with Crippen LogP contribution in [0.3, 0.4) is 0 Å². The molecule has 1 aliphatic heterocycles. The number of carbonyl (C=O) groups is 1. The lowest BCUT2D eigenvalue weighted by Crippen LogP contribution is -2.39. The van der Waals surface area contributed by atoms with Gasteiger partial charge in [0.2, 0.25) is 5.91 Å². The van der Waals surface area contributed by atoms with E-state index in [9.17, 15) is 4.79 Å². The van der Waals surface area contributed by atoms with Crippen LogP contribution in [0.2, 0.25) is 0 Å². The molecule has 1 saturated heterocycles. The molecule has 1 atom stereocenters. The van der Waals surface area contributed by atoms with Gasteiger partial charge in [0.05, 0.1) is 6.54 Å². The Balaban J connectivity index is 2.03. The second-order valence-corrected chi connectivity index (χ2v) is 3.02. The molecule has 12 heavy (non-hydrogen) atoms. The highest BCUT2D eigenvalue weighted by molar-refractivity contribution is 5.77.